The first-order valence-corrected chi connectivity index (χ1v) is 9.08. The van der Waals surface area contributed by atoms with Crippen LogP contribution in [0.3, 0.4) is 0 Å². The standard InChI is InChI=1S/C21H27N3O2/c1-17-8-9-20(26-2)19(14-17)16-23-10-12-24(13-11-23)21(25)22-15-18-6-4-3-5-7-18/h3-9,14H,10-13,15-16H2,1-2H3,(H,22,25). The minimum atomic E-state index is 0.0154. The summed E-state index contributed by atoms with van der Waals surface area (Å²) in [5, 5.41) is 3.01. The predicted octanol–water partition coefficient (Wildman–Crippen LogP) is 3.03. The van der Waals surface area contributed by atoms with Gasteiger partial charge in [-0.05, 0) is 18.6 Å². The molecule has 0 spiro atoms. The first-order valence-electron chi connectivity index (χ1n) is 9.08. The molecule has 3 rings (SSSR count). The topological polar surface area (TPSA) is 44.8 Å². The fraction of sp³-hybridized carbons (Fsp3) is 0.381. The molecule has 0 aliphatic carbocycles. The van der Waals surface area contributed by atoms with E-state index in [4.69, 9.17) is 4.74 Å². The molecule has 1 heterocycles. The minimum Gasteiger partial charge on any atom is -0.496 e. The van der Waals surface area contributed by atoms with Crippen LogP contribution in [0.1, 0.15) is 16.7 Å². The Hall–Kier alpha value is -2.53. The summed E-state index contributed by atoms with van der Waals surface area (Å²) in [5.74, 6) is 0.929. The molecule has 0 atom stereocenters. The summed E-state index contributed by atoms with van der Waals surface area (Å²) in [6, 6.07) is 16.3. The van der Waals surface area contributed by atoms with Crippen LogP contribution in [0.25, 0.3) is 0 Å². The Labute approximate surface area is 155 Å². The molecule has 1 aliphatic rings. The Morgan fingerprint density at radius 3 is 2.50 bits per heavy atom. The van der Waals surface area contributed by atoms with E-state index in [9.17, 15) is 4.79 Å². The lowest BCUT2D eigenvalue weighted by molar-refractivity contribution is 0.134. The van der Waals surface area contributed by atoms with Crippen molar-refractivity contribution in [2.75, 3.05) is 33.3 Å². The number of nitrogens with one attached hydrogen (secondary N) is 1. The number of piperazine rings is 1. The highest BCUT2D eigenvalue weighted by atomic mass is 16.5. The van der Waals surface area contributed by atoms with Crippen LogP contribution in [-0.4, -0.2) is 49.1 Å². The number of amides is 2. The van der Waals surface area contributed by atoms with Gasteiger partial charge in [0, 0.05) is 44.8 Å². The average molecular weight is 353 g/mol. The average Bonchev–Trinajstić information content (AvgIpc) is 2.68. The fourth-order valence-electron chi connectivity index (χ4n) is 3.27. The monoisotopic (exact) mass is 353 g/mol. The summed E-state index contributed by atoms with van der Waals surface area (Å²) in [7, 11) is 1.71. The molecule has 1 fully saturated rings. The van der Waals surface area contributed by atoms with E-state index >= 15 is 0 Å². The van der Waals surface area contributed by atoms with E-state index in [2.05, 4.69) is 29.3 Å². The van der Waals surface area contributed by atoms with Crippen molar-refractivity contribution in [1.82, 2.24) is 15.1 Å². The molecule has 0 unspecified atom stereocenters. The Bertz CT molecular complexity index is 725. The number of ether oxygens (including phenoxy) is 1. The van der Waals surface area contributed by atoms with E-state index in [0.29, 0.717) is 6.54 Å². The summed E-state index contributed by atoms with van der Waals surface area (Å²) in [5.41, 5.74) is 3.56. The van der Waals surface area contributed by atoms with Gasteiger partial charge in [0.25, 0.3) is 0 Å². The van der Waals surface area contributed by atoms with Crippen LogP contribution in [-0.2, 0) is 13.1 Å². The van der Waals surface area contributed by atoms with Gasteiger partial charge in [-0.3, -0.25) is 4.90 Å². The summed E-state index contributed by atoms with van der Waals surface area (Å²) >= 11 is 0. The van der Waals surface area contributed by atoms with Crippen molar-refractivity contribution in [2.24, 2.45) is 0 Å². The molecule has 2 aromatic rings. The zero-order valence-electron chi connectivity index (χ0n) is 15.6. The third-order valence-corrected chi connectivity index (χ3v) is 4.78. The van der Waals surface area contributed by atoms with Gasteiger partial charge in [-0.2, -0.15) is 0 Å². The molecule has 5 nitrogen and oxygen atoms in total. The zero-order valence-corrected chi connectivity index (χ0v) is 15.6. The second-order valence-electron chi connectivity index (χ2n) is 6.72. The molecule has 1 saturated heterocycles. The minimum absolute atomic E-state index is 0.0154. The number of aryl methyl sites for hydroxylation is 1. The summed E-state index contributed by atoms with van der Waals surface area (Å²) in [4.78, 5) is 16.6. The number of nitrogens with zero attached hydrogens (tertiary/aromatic N) is 2. The Balaban J connectivity index is 1.48. The Morgan fingerprint density at radius 2 is 1.81 bits per heavy atom. The van der Waals surface area contributed by atoms with Crippen LogP contribution in [0.5, 0.6) is 5.75 Å². The highest BCUT2D eigenvalue weighted by Gasteiger charge is 2.21. The predicted molar refractivity (Wildman–Crippen MR) is 103 cm³/mol. The third-order valence-electron chi connectivity index (χ3n) is 4.78. The molecule has 0 radical (unpaired) electrons. The summed E-state index contributed by atoms with van der Waals surface area (Å²) in [6.45, 7) is 6.75. The van der Waals surface area contributed by atoms with Crippen molar-refractivity contribution in [2.45, 2.75) is 20.0 Å². The molecular weight excluding hydrogens is 326 g/mol. The Kier molecular flexibility index (Phi) is 6.12. The normalized spacial score (nSPS) is 14.9. The summed E-state index contributed by atoms with van der Waals surface area (Å²) in [6.07, 6.45) is 0. The van der Waals surface area contributed by atoms with Crippen molar-refractivity contribution in [1.29, 1.82) is 0 Å². The van der Waals surface area contributed by atoms with Crippen LogP contribution in [0.2, 0.25) is 0 Å². The molecule has 0 aromatic heterocycles. The Morgan fingerprint density at radius 1 is 1.08 bits per heavy atom. The third kappa shape index (κ3) is 4.76. The first kappa shape index (κ1) is 18.3. The van der Waals surface area contributed by atoms with E-state index in [0.717, 1.165) is 44.0 Å². The van der Waals surface area contributed by atoms with Crippen LogP contribution in [0, 0.1) is 6.92 Å². The second-order valence-corrected chi connectivity index (χ2v) is 6.72. The molecule has 138 valence electrons. The molecule has 0 bridgehead atoms. The maximum Gasteiger partial charge on any atom is 0.317 e. The number of carbonyl (C=O) groups excluding carboxylic acids is 1. The van der Waals surface area contributed by atoms with Crippen molar-refractivity contribution >= 4 is 6.03 Å². The number of hydrogen-bond acceptors (Lipinski definition) is 3. The lowest BCUT2D eigenvalue weighted by Crippen LogP contribution is -2.51. The van der Waals surface area contributed by atoms with Gasteiger partial charge in [0.2, 0.25) is 0 Å². The van der Waals surface area contributed by atoms with Crippen LogP contribution >= 0.6 is 0 Å². The van der Waals surface area contributed by atoms with Crippen molar-refractivity contribution in [3.8, 4) is 5.75 Å². The van der Waals surface area contributed by atoms with Gasteiger partial charge < -0.3 is 15.0 Å². The zero-order chi connectivity index (χ0) is 18.4. The van der Waals surface area contributed by atoms with Crippen LogP contribution < -0.4 is 10.1 Å². The van der Waals surface area contributed by atoms with E-state index in [1.807, 2.05) is 41.3 Å². The maximum atomic E-state index is 12.4. The second kappa shape index (κ2) is 8.72. The van der Waals surface area contributed by atoms with E-state index in [1.165, 1.54) is 11.1 Å². The SMILES string of the molecule is COc1ccc(C)cc1CN1CCN(C(=O)NCc2ccccc2)CC1. The smallest absolute Gasteiger partial charge is 0.317 e. The molecule has 26 heavy (non-hydrogen) atoms. The number of urea groups is 1. The van der Waals surface area contributed by atoms with Gasteiger partial charge in [-0.1, -0.05) is 48.0 Å². The van der Waals surface area contributed by atoms with Gasteiger partial charge in [-0.15, -0.1) is 0 Å². The molecule has 2 amide bonds. The number of benzene rings is 2. The van der Waals surface area contributed by atoms with Gasteiger partial charge in [0.15, 0.2) is 0 Å². The van der Waals surface area contributed by atoms with Crippen molar-refractivity contribution in [3.05, 3.63) is 65.2 Å². The lowest BCUT2D eigenvalue weighted by atomic mass is 10.1. The van der Waals surface area contributed by atoms with Crippen LogP contribution in [0.15, 0.2) is 48.5 Å². The number of methoxy groups -OCH3 is 1. The number of hydrogen-bond donors (Lipinski definition) is 1. The van der Waals surface area contributed by atoms with E-state index < -0.39 is 0 Å². The maximum absolute atomic E-state index is 12.4. The summed E-state index contributed by atoms with van der Waals surface area (Å²) < 4.78 is 5.47. The first-order chi connectivity index (χ1) is 12.7. The molecular formula is C21H27N3O2. The lowest BCUT2D eigenvalue weighted by Gasteiger charge is -2.35. The fourth-order valence-corrected chi connectivity index (χ4v) is 3.27. The highest BCUT2D eigenvalue weighted by Crippen LogP contribution is 2.22. The number of rotatable bonds is 5. The van der Waals surface area contributed by atoms with E-state index in [1.54, 1.807) is 7.11 Å². The van der Waals surface area contributed by atoms with Gasteiger partial charge in [-0.25, -0.2) is 4.79 Å². The van der Waals surface area contributed by atoms with Crippen molar-refractivity contribution < 1.29 is 9.53 Å². The van der Waals surface area contributed by atoms with Gasteiger partial charge in [0.1, 0.15) is 5.75 Å². The highest BCUT2D eigenvalue weighted by molar-refractivity contribution is 5.74. The molecule has 5 heteroatoms. The molecule has 2 aromatic carbocycles. The van der Waals surface area contributed by atoms with Crippen molar-refractivity contribution in [3.63, 3.8) is 0 Å². The van der Waals surface area contributed by atoms with Gasteiger partial charge in [0.05, 0.1) is 7.11 Å². The number of carbonyl (C=O) groups is 1. The van der Waals surface area contributed by atoms with Crippen LogP contribution in [0.4, 0.5) is 4.79 Å². The quantitative estimate of drug-likeness (QED) is 0.899. The molecule has 0 saturated carbocycles. The molecule has 1 N–H and O–H groups in total. The van der Waals surface area contributed by atoms with Gasteiger partial charge >= 0.3 is 6.03 Å². The van der Waals surface area contributed by atoms with E-state index in [-0.39, 0.29) is 6.03 Å². The largest absolute Gasteiger partial charge is 0.496 e. The molecule has 1 aliphatic heterocycles.